The van der Waals surface area contributed by atoms with Gasteiger partial charge in [0.15, 0.2) is 0 Å². The molecule has 110 valence electrons. The standard InChI is InChI=1S/C14H12BrClN2O2S/c15-9-5-6-11(17)13(7-9)21(20)8-14(19)18-12-4-2-1-3-10(12)16/h1-7H,8,17H2,(H,18,19). The fourth-order valence-electron chi connectivity index (χ4n) is 1.65. The van der Waals surface area contributed by atoms with Gasteiger partial charge in [0.2, 0.25) is 5.91 Å². The Labute approximate surface area is 138 Å². The molecule has 0 bridgehead atoms. The molecule has 0 saturated carbocycles. The molecule has 0 saturated heterocycles. The predicted molar refractivity (Wildman–Crippen MR) is 89.9 cm³/mol. The molecule has 2 aromatic carbocycles. The Morgan fingerprint density at radius 3 is 2.71 bits per heavy atom. The second-order valence-corrected chi connectivity index (χ2v) is 6.94. The third kappa shape index (κ3) is 4.30. The monoisotopic (exact) mass is 386 g/mol. The van der Waals surface area contributed by atoms with E-state index in [0.29, 0.717) is 21.3 Å². The zero-order valence-electron chi connectivity index (χ0n) is 10.8. The lowest BCUT2D eigenvalue weighted by atomic mass is 10.3. The summed E-state index contributed by atoms with van der Waals surface area (Å²) in [6, 6.07) is 11.9. The Hall–Kier alpha value is -1.37. The molecule has 1 atom stereocenters. The van der Waals surface area contributed by atoms with Crippen molar-refractivity contribution in [2.45, 2.75) is 4.90 Å². The van der Waals surface area contributed by atoms with Gasteiger partial charge in [-0.25, -0.2) is 0 Å². The Bertz CT molecular complexity index is 709. The van der Waals surface area contributed by atoms with Crippen LogP contribution in [0.3, 0.4) is 0 Å². The summed E-state index contributed by atoms with van der Waals surface area (Å²) in [5.74, 6) is -0.577. The molecule has 0 spiro atoms. The van der Waals surface area contributed by atoms with Crippen LogP contribution in [0.2, 0.25) is 5.02 Å². The number of nitrogen functional groups attached to an aromatic ring is 1. The Morgan fingerprint density at radius 2 is 2.00 bits per heavy atom. The van der Waals surface area contributed by atoms with Gasteiger partial charge in [-0.05, 0) is 30.3 Å². The van der Waals surface area contributed by atoms with Crippen molar-refractivity contribution in [3.63, 3.8) is 0 Å². The van der Waals surface area contributed by atoms with Gasteiger partial charge in [0.05, 0.1) is 26.4 Å². The van der Waals surface area contributed by atoms with E-state index in [0.717, 1.165) is 4.47 Å². The average Bonchev–Trinajstić information content (AvgIpc) is 2.44. The van der Waals surface area contributed by atoms with Crippen LogP contribution in [0.5, 0.6) is 0 Å². The first kappa shape index (κ1) is 16.0. The van der Waals surface area contributed by atoms with E-state index in [1.54, 1.807) is 42.5 Å². The smallest absolute Gasteiger partial charge is 0.237 e. The fourth-order valence-corrected chi connectivity index (χ4v) is 3.40. The normalized spacial score (nSPS) is 11.9. The molecule has 3 N–H and O–H groups in total. The molecule has 0 heterocycles. The highest BCUT2D eigenvalue weighted by Crippen LogP contribution is 2.23. The molecule has 1 amide bonds. The van der Waals surface area contributed by atoms with Crippen molar-refractivity contribution in [1.82, 2.24) is 0 Å². The van der Waals surface area contributed by atoms with Gasteiger partial charge in [-0.15, -0.1) is 0 Å². The second-order valence-electron chi connectivity index (χ2n) is 4.20. The lowest BCUT2D eigenvalue weighted by molar-refractivity contribution is -0.113. The summed E-state index contributed by atoms with van der Waals surface area (Å²) in [6.45, 7) is 0. The molecule has 0 aliphatic carbocycles. The molecule has 1 unspecified atom stereocenters. The van der Waals surface area contributed by atoms with Crippen molar-refractivity contribution in [2.24, 2.45) is 0 Å². The van der Waals surface area contributed by atoms with Gasteiger partial charge < -0.3 is 11.1 Å². The second kappa shape index (κ2) is 7.06. The number of carbonyl (C=O) groups is 1. The maximum Gasteiger partial charge on any atom is 0.237 e. The van der Waals surface area contributed by atoms with E-state index in [-0.39, 0.29) is 11.7 Å². The van der Waals surface area contributed by atoms with Crippen molar-refractivity contribution in [2.75, 3.05) is 16.8 Å². The largest absolute Gasteiger partial charge is 0.398 e. The molecule has 0 radical (unpaired) electrons. The molecule has 7 heteroatoms. The average molecular weight is 388 g/mol. The van der Waals surface area contributed by atoms with Gasteiger partial charge in [-0.2, -0.15) is 0 Å². The lowest BCUT2D eigenvalue weighted by Crippen LogP contribution is -2.20. The van der Waals surface area contributed by atoms with E-state index >= 15 is 0 Å². The number of hydrogen-bond donors (Lipinski definition) is 2. The van der Waals surface area contributed by atoms with Crippen LogP contribution >= 0.6 is 27.5 Å². The van der Waals surface area contributed by atoms with Gasteiger partial charge in [0.25, 0.3) is 0 Å². The van der Waals surface area contributed by atoms with E-state index in [1.807, 2.05) is 0 Å². The van der Waals surface area contributed by atoms with Crippen molar-refractivity contribution in [3.05, 3.63) is 52.0 Å². The van der Waals surface area contributed by atoms with Crippen LogP contribution in [0.15, 0.2) is 51.8 Å². The van der Waals surface area contributed by atoms with Crippen molar-refractivity contribution in [1.29, 1.82) is 0 Å². The van der Waals surface area contributed by atoms with E-state index in [9.17, 15) is 9.00 Å². The molecular formula is C14H12BrClN2O2S. The van der Waals surface area contributed by atoms with Crippen LogP contribution in [0, 0.1) is 0 Å². The quantitative estimate of drug-likeness (QED) is 0.789. The summed E-state index contributed by atoms with van der Waals surface area (Å²) < 4.78 is 13.0. The summed E-state index contributed by atoms with van der Waals surface area (Å²) in [4.78, 5) is 12.4. The molecule has 21 heavy (non-hydrogen) atoms. The number of halogens is 2. The maximum absolute atomic E-state index is 12.2. The first-order valence-corrected chi connectivity index (χ1v) is 8.44. The van der Waals surface area contributed by atoms with E-state index in [4.69, 9.17) is 17.3 Å². The SMILES string of the molecule is Nc1ccc(Br)cc1S(=O)CC(=O)Nc1ccccc1Cl. The van der Waals surface area contributed by atoms with Gasteiger partial charge >= 0.3 is 0 Å². The van der Waals surface area contributed by atoms with Crippen LogP contribution in [0.4, 0.5) is 11.4 Å². The maximum atomic E-state index is 12.2. The van der Waals surface area contributed by atoms with Crippen LogP contribution in [0.1, 0.15) is 0 Å². The van der Waals surface area contributed by atoms with Gasteiger partial charge in [-0.3, -0.25) is 9.00 Å². The zero-order chi connectivity index (χ0) is 15.4. The Kier molecular flexibility index (Phi) is 5.39. The molecule has 2 aromatic rings. The molecule has 2 rings (SSSR count). The minimum absolute atomic E-state index is 0.189. The molecule has 0 aliphatic rings. The first-order valence-electron chi connectivity index (χ1n) is 5.95. The number of amides is 1. The highest BCUT2D eigenvalue weighted by molar-refractivity contribution is 9.10. The van der Waals surface area contributed by atoms with E-state index in [1.165, 1.54) is 0 Å². The molecular weight excluding hydrogens is 376 g/mol. The summed E-state index contributed by atoms with van der Waals surface area (Å²) in [6.07, 6.45) is 0. The number of carbonyl (C=O) groups excluding carboxylic acids is 1. The van der Waals surface area contributed by atoms with Gasteiger partial charge in [0, 0.05) is 10.2 Å². The first-order chi connectivity index (χ1) is 9.97. The Morgan fingerprint density at radius 1 is 1.29 bits per heavy atom. The number of rotatable bonds is 4. The van der Waals surface area contributed by atoms with Crippen LogP contribution in [0.25, 0.3) is 0 Å². The molecule has 0 aliphatic heterocycles. The van der Waals surface area contributed by atoms with E-state index < -0.39 is 10.8 Å². The van der Waals surface area contributed by atoms with Crippen LogP contribution < -0.4 is 11.1 Å². The van der Waals surface area contributed by atoms with Crippen LogP contribution in [-0.4, -0.2) is 15.9 Å². The topological polar surface area (TPSA) is 72.2 Å². The van der Waals surface area contributed by atoms with E-state index in [2.05, 4.69) is 21.2 Å². The highest BCUT2D eigenvalue weighted by atomic mass is 79.9. The molecule has 0 fully saturated rings. The third-order valence-electron chi connectivity index (χ3n) is 2.63. The van der Waals surface area contributed by atoms with Crippen molar-refractivity contribution in [3.8, 4) is 0 Å². The summed E-state index contributed by atoms with van der Waals surface area (Å²) >= 11 is 9.24. The number of benzene rings is 2. The number of nitrogens with two attached hydrogens (primary N) is 1. The lowest BCUT2D eigenvalue weighted by Gasteiger charge is -2.08. The fraction of sp³-hybridized carbons (Fsp3) is 0.0714. The number of para-hydroxylation sites is 1. The minimum Gasteiger partial charge on any atom is -0.398 e. The van der Waals surface area contributed by atoms with Gasteiger partial charge in [-0.1, -0.05) is 39.7 Å². The summed E-state index contributed by atoms with van der Waals surface area (Å²) in [5.41, 5.74) is 6.66. The number of anilines is 2. The van der Waals surface area contributed by atoms with Crippen molar-refractivity contribution >= 4 is 55.6 Å². The third-order valence-corrected chi connectivity index (χ3v) is 4.82. The Balaban J connectivity index is 2.08. The van der Waals surface area contributed by atoms with Crippen molar-refractivity contribution < 1.29 is 9.00 Å². The number of nitrogens with one attached hydrogen (secondary N) is 1. The highest BCUT2D eigenvalue weighted by Gasteiger charge is 2.14. The van der Waals surface area contributed by atoms with Gasteiger partial charge in [0.1, 0.15) is 5.75 Å². The summed E-state index contributed by atoms with van der Waals surface area (Å²) in [7, 11) is -1.53. The van der Waals surface area contributed by atoms with Crippen LogP contribution in [-0.2, 0) is 15.6 Å². The number of hydrogen-bond acceptors (Lipinski definition) is 3. The minimum atomic E-state index is -1.53. The molecule has 4 nitrogen and oxygen atoms in total. The molecule has 0 aromatic heterocycles. The summed E-state index contributed by atoms with van der Waals surface area (Å²) in [5, 5.41) is 3.06. The zero-order valence-corrected chi connectivity index (χ0v) is 14.0. The predicted octanol–water partition coefficient (Wildman–Crippen LogP) is 3.43.